The molecule has 24 heavy (non-hydrogen) atoms. The summed E-state index contributed by atoms with van der Waals surface area (Å²) in [6, 6.07) is 5.82. The summed E-state index contributed by atoms with van der Waals surface area (Å²) >= 11 is 0. The van der Waals surface area contributed by atoms with E-state index in [2.05, 4.69) is 20.2 Å². The summed E-state index contributed by atoms with van der Waals surface area (Å²) in [5, 5.41) is 7.20. The second kappa shape index (κ2) is 5.99. The molecule has 122 valence electrons. The van der Waals surface area contributed by atoms with Gasteiger partial charge in [0.15, 0.2) is 5.65 Å². The molecule has 0 bridgehead atoms. The number of nitrogens with zero attached hydrogens (tertiary/aromatic N) is 4. The summed E-state index contributed by atoms with van der Waals surface area (Å²) < 4.78 is 13.4. The Balaban J connectivity index is 1.59. The van der Waals surface area contributed by atoms with E-state index >= 15 is 0 Å². The number of likely N-dealkylation sites (tertiary alicyclic amines) is 1. The Kier molecular flexibility index (Phi) is 3.68. The Labute approximate surface area is 137 Å². The molecule has 2 aromatic heterocycles. The molecule has 1 atom stereocenters. The summed E-state index contributed by atoms with van der Waals surface area (Å²) in [5.74, 6) is -0.420. The van der Waals surface area contributed by atoms with Gasteiger partial charge >= 0.3 is 0 Å². The Hall–Kier alpha value is -2.83. The summed E-state index contributed by atoms with van der Waals surface area (Å²) in [6.07, 6.45) is 5.07. The molecule has 7 heteroatoms. The van der Waals surface area contributed by atoms with E-state index in [0.29, 0.717) is 24.3 Å². The van der Waals surface area contributed by atoms with Crippen molar-refractivity contribution in [3.63, 3.8) is 0 Å². The normalized spacial score (nSPS) is 18.0. The van der Waals surface area contributed by atoms with Crippen LogP contribution >= 0.6 is 0 Å². The zero-order valence-electron chi connectivity index (χ0n) is 12.9. The number of H-pyrrole nitrogens is 1. The number of fused-ring (bicyclic) bond motifs is 1. The number of rotatable bonds is 2. The lowest BCUT2D eigenvalue weighted by Crippen LogP contribution is -2.39. The van der Waals surface area contributed by atoms with Crippen LogP contribution in [-0.2, 0) is 0 Å². The maximum absolute atomic E-state index is 13.4. The molecule has 1 N–H and O–H groups in total. The van der Waals surface area contributed by atoms with E-state index in [-0.39, 0.29) is 11.8 Å². The number of hydrogen-bond acceptors (Lipinski definition) is 4. The predicted molar refractivity (Wildman–Crippen MR) is 86.0 cm³/mol. The highest BCUT2D eigenvalue weighted by Gasteiger charge is 2.28. The van der Waals surface area contributed by atoms with Crippen LogP contribution in [0.5, 0.6) is 0 Å². The molecule has 1 saturated heterocycles. The zero-order chi connectivity index (χ0) is 16.5. The highest BCUT2D eigenvalue weighted by atomic mass is 19.1. The molecule has 0 spiro atoms. The Morgan fingerprint density at radius 1 is 1.29 bits per heavy atom. The Morgan fingerprint density at radius 3 is 3.04 bits per heavy atom. The van der Waals surface area contributed by atoms with Crippen molar-refractivity contribution in [2.75, 3.05) is 13.1 Å². The average molecular weight is 325 g/mol. The molecule has 1 aromatic carbocycles. The number of carbonyl (C=O) groups excluding carboxylic acids is 1. The van der Waals surface area contributed by atoms with Crippen molar-refractivity contribution in [1.29, 1.82) is 0 Å². The van der Waals surface area contributed by atoms with Gasteiger partial charge in [0.2, 0.25) is 0 Å². The maximum Gasteiger partial charge on any atom is 0.253 e. The minimum absolute atomic E-state index is 0.123. The molecule has 0 aliphatic carbocycles. The maximum atomic E-state index is 13.4. The van der Waals surface area contributed by atoms with E-state index < -0.39 is 5.82 Å². The van der Waals surface area contributed by atoms with Crippen molar-refractivity contribution in [3.8, 4) is 0 Å². The molecular weight excluding hydrogens is 309 g/mol. The molecule has 0 saturated carbocycles. The van der Waals surface area contributed by atoms with Gasteiger partial charge in [-0.25, -0.2) is 14.4 Å². The molecule has 1 amide bonds. The Bertz CT molecular complexity index is 893. The van der Waals surface area contributed by atoms with Crippen LogP contribution in [0.3, 0.4) is 0 Å². The molecule has 1 aliphatic heterocycles. The highest BCUT2D eigenvalue weighted by molar-refractivity contribution is 5.94. The first-order chi connectivity index (χ1) is 11.7. The van der Waals surface area contributed by atoms with Crippen LogP contribution in [0.2, 0.25) is 0 Å². The van der Waals surface area contributed by atoms with Gasteiger partial charge in [-0.05, 0) is 31.0 Å². The quantitative estimate of drug-likeness (QED) is 0.785. The molecule has 4 rings (SSSR count). The minimum Gasteiger partial charge on any atom is -0.338 e. The van der Waals surface area contributed by atoms with Crippen LogP contribution in [0.4, 0.5) is 4.39 Å². The second-order valence-corrected chi connectivity index (χ2v) is 5.97. The molecular formula is C17H16FN5O. The third-order valence-electron chi connectivity index (χ3n) is 4.40. The fourth-order valence-electron chi connectivity index (χ4n) is 3.25. The number of aromatic nitrogens is 4. The van der Waals surface area contributed by atoms with Gasteiger partial charge in [0.05, 0.1) is 5.69 Å². The van der Waals surface area contributed by atoms with Gasteiger partial charge in [-0.15, -0.1) is 0 Å². The minimum atomic E-state index is -0.399. The third kappa shape index (κ3) is 2.62. The fraction of sp³-hybridized carbons (Fsp3) is 0.294. The van der Waals surface area contributed by atoms with Gasteiger partial charge in [-0.2, -0.15) is 5.10 Å². The van der Waals surface area contributed by atoms with E-state index in [4.69, 9.17) is 0 Å². The van der Waals surface area contributed by atoms with E-state index in [0.717, 1.165) is 24.1 Å². The van der Waals surface area contributed by atoms with E-state index in [1.807, 2.05) is 0 Å². The van der Waals surface area contributed by atoms with Gasteiger partial charge in [0.1, 0.15) is 11.3 Å². The van der Waals surface area contributed by atoms with Crippen molar-refractivity contribution in [2.45, 2.75) is 18.8 Å². The number of hydrogen-bond donors (Lipinski definition) is 1. The number of amides is 1. The monoisotopic (exact) mass is 325 g/mol. The standard InChI is InChI=1S/C17H16FN5O/c18-13-5-1-3-11(9-13)17(24)23-8-2-4-12(10-23)14-15-16(22-21-14)20-7-6-19-15/h1,3,5-7,9,12H,2,4,8,10H2,(H,20,21,22)/t12-/m0/s1. The highest BCUT2D eigenvalue weighted by Crippen LogP contribution is 2.29. The van der Waals surface area contributed by atoms with Gasteiger partial charge < -0.3 is 4.90 Å². The van der Waals surface area contributed by atoms with Crippen molar-refractivity contribution in [1.82, 2.24) is 25.1 Å². The van der Waals surface area contributed by atoms with Crippen molar-refractivity contribution in [2.24, 2.45) is 0 Å². The summed E-state index contributed by atoms with van der Waals surface area (Å²) in [6.45, 7) is 1.23. The number of piperidine rings is 1. The second-order valence-electron chi connectivity index (χ2n) is 5.97. The molecule has 3 heterocycles. The number of aromatic amines is 1. The molecule has 3 aromatic rings. The van der Waals surface area contributed by atoms with Crippen LogP contribution in [-0.4, -0.2) is 44.1 Å². The molecule has 1 fully saturated rings. The zero-order valence-corrected chi connectivity index (χ0v) is 12.9. The van der Waals surface area contributed by atoms with Gasteiger partial charge in [0, 0.05) is 37.0 Å². The molecule has 0 unspecified atom stereocenters. The first-order valence-corrected chi connectivity index (χ1v) is 7.92. The fourth-order valence-corrected chi connectivity index (χ4v) is 3.25. The largest absolute Gasteiger partial charge is 0.338 e. The van der Waals surface area contributed by atoms with Crippen LogP contribution in [0, 0.1) is 5.82 Å². The van der Waals surface area contributed by atoms with Gasteiger partial charge in [-0.3, -0.25) is 9.89 Å². The lowest BCUT2D eigenvalue weighted by molar-refractivity contribution is 0.0705. The van der Waals surface area contributed by atoms with Gasteiger partial charge in [0.25, 0.3) is 5.91 Å². The summed E-state index contributed by atoms with van der Waals surface area (Å²) in [4.78, 5) is 22.9. The SMILES string of the molecule is O=C(c1cccc(F)c1)N1CCC[C@H](c2[nH]nc3nccnc23)C1. The molecule has 6 nitrogen and oxygen atoms in total. The number of nitrogens with one attached hydrogen (secondary N) is 1. The third-order valence-corrected chi connectivity index (χ3v) is 4.40. The number of halogens is 1. The van der Waals surface area contributed by atoms with Crippen molar-refractivity contribution in [3.05, 3.63) is 53.7 Å². The average Bonchev–Trinajstić information content (AvgIpc) is 3.05. The molecule has 0 radical (unpaired) electrons. The first-order valence-electron chi connectivity index (χ1n) is 7.92. The van der Waals surface area contributed by atoms with Crippen molar-refractivity contribution >= 4 is 17.1 Å². The van der Waals surface area contributed by atoms with E-state index in [1.54, 1.807) is 29.4 Å². The number of carbonyl (C=O) groups is 1. The topological polar surface area (TPSA) is 74.8 Å². The summed E-state index contributed by atoms with van der Waals surface area (Å²) in [7, 11) is 0. The lowest BCUT2D eigenvalue weighted by Gasteiger charge is -2.32. The smallest absolute Gasteiger partial charge is 0.253 e. The first kappa shape index (κ1) is 14.7. The van der Waals surface area contributed by atoms with Crippen LogP contribution < -0.4 is 0 Å². The van der Waals surface area contributed by atoms with Gasteiger partial charge in [-0.1, -0.05) is 6.07 Å². The van der Waals surface area contributed by atoms with E-state index in [1.165, 1.54) is 12.1 Å². The number of benzene rings is 1. The van der Waals surface area contributed by atoms with Crippen LogP contribution in [0.25, 0.3) is 11.2 Å². The van der Waals surface area contributed by atoms with Crippen molar-refractivity contribution < 1.29 is 9.18 Å². The molecule has 1 aliphatic rings. The van der Waals surface area contributed by atoms with E-state index in [9.17, 15) is 9.18 Å². The van der Waals surface area contributed by atoms with Crippen LogP contribution in [0.1, 0.15) is 34.8 Å². The summed E-state index contributed by atoms with van der Waals surface area (Å²) in [5.41, 5.74) is 2.63. The predicted octanol–water partition coefficient (Wildman–Crippen LogP) is 2.51. The lowest BCUT2D eigenvalue weighted by atomic mass is 9.94. The Morgan fingerprint density at radius 2 is 2.17 bits per heavy atom. The van der Waals surface area contributed by atoms with Crippen LogP contribution in [0.15, 0.2) is 36.7 Å².